The van der Waals surface area contributed by atoms with Crippen molar-refractivity contribution in [2.75, 3.05) is 0 Å². The molecule has 0 saturated carbocycles. The quantitative estimate of drug-likeness (QED) is 0.202. The van der Waals surface area contributed by atoms with Gasteiger partial charge in [-0.2, -0.15) is 0 Å². The van der Waals surface area contributed by atoms with Crippen LogP contribution in [-0.2, 0) is 0 Å². The van der Waals surface area contributed by atoms with E-state index >= 15 is 0 Å². The van der Waals surface area contributed by atoms with Gasteiger partial charge in [0, 0.05) is 0 Å². The van der Waals surface area contributed by atoms with E-state index in [0.717, 1.165) is 15.0 Å². The SMILES string of the molecule is C[Se]c1c2c(c3c4c(c5c([Se]C)c6ccccc6cc5cc14)[Se]3)[Se]2. The molecule has 2 aliphatic rings. The van der Waals surface area contributed by atoms with Gasteiger partial charge in [0.15, 0.2) is 0 Å². The molecule has 4 heteroatoms. The van der Waals surface area contributed by atoms with Gasteiger partial charge in [-0.15, -0.1) is 0 Å². The van der Waals surface area contributed by atoms with Crippen molar-refractivity contribution in [3.05, 3.63) is 36.4 Å². The third-order valence-corrected chi connectivity index (χ3v) is 14.4. The summed E-state index contributed by atoms with van der Waals surface area (Å²) in [6.45, 7) is 0. The molecule has 6 rings (SSSR count). The molecule has 0 nitrogen and oxygen atoms in total. The minimum absolute atomic E-state index is 0.527. The molecule has 4 aromatic rings. The van der Waals surface area contributed by atoms with E-state index in [1.54, 1.807) is 42.9 Å². The number of hydrogen-bond acceptors (Lipinski definition) is 0. The molecule has 4 aromatic carbocycles. The number of hydrogen-bond donors (Lipinski definition) is 0. The Morgan fingerprint density at radius 3 is 2.29 bits per heavy atom. The van der Waals surface area contributed by atoms with Gasteiger partial charge >= 0.3 is 167 Å². The Bertz CT molecular complexity index is 1220. The second kappa shape index (κ2) is 5.14. The number of benzene rings is 4. The van der Waals surface area contributed by atoms with E-state index in [1.165, 1.54) is 16.2 Å². The first-order valence-corrected chi connectivity index (χ1v) is 16.3. The molecule has 0 N–H and O–H groups in total. The molecule has 116 valence electrons. The van der Waals surface area contributed by atoms with Gasteiger partial charge in [0.25, 0.3) is 0 Å². The zero-order chi connectivity index (χ0) is 16.0. The average Bonchev–Trinajstić information content (AvgIpc) is 3.34. The third kappa shape index (κ3) is 1.77. The van der Waals surface area contributed by atoms with Crippen LogP contribution in [-0.4, -0.2) is 59.8 Å². The van der Waals surface area contributed by atoms with Crippen molar-refractivity contribution < 1.29 is 0 Å². The van der Waals surface area contributed by atoms with Crippen LogP contribution in [0.15, 0.2) is 36.4 Å². The van der Waals surface area contributed by atoms with Crippen LogP contribution < -0.4 is 26.8 Å². The van der Waals surface area contributed by atoms with Crippen LogP contribution in [0.1, 0.15) is 0 Å². The summed E-state index contributed by atoms with van der Waals surface area (Å²) in [4.78, 5) is 0. The number of fused-ring (bicyclic) bond motifs is 5. The molecule has 0 bridgehead atoms. The average molecular weight is 568 g/mol. The van der Waals surface area contributed by atoms with Crippen molar-refractivity contribution in [3.8, 4) is 0 Å². The van der Waals surface area contributed by atoms with Crippen molar-refractivity contribution in [3.63, 3.8) is 0 Å². The van der Waals surface area contributed by atoms with Gasteiger partial charge in [0.2, 0.25) is 0 Å². The molecule has 0 aliphatic carbocycles. The van der Waals surface area contributed by atoms with Crippen molar-refractivity contribution in [2.45, 2.75) is 11.6 Å². The fraction of sp³-hybridized carbons (Fsp3) is 0.100. The Kier molecular flexibility index (Phi) is 3.18. The van der Waals surface area contributed by atoms with Crippen LogP contribution in [0, 0.1) is 0 Å². The summed E-state index contributed by atoms with van der Waals surface area (Å²) in [5, 5.41) is 9.33. The van der Waals surface area contributed by atoms with E-state index in [0.29, 0.717) is 44.9 Å². The molecule has 0 spiro atoms. The van der Waals surface area contributed by atoms with Gasteiger partial charge in [-0.05, 0) is 0 Å². The van der Waals surface area contributed by atoms with Crippen LogP contribution in [0.4, 0.5) is 0 Å². The van der Waals surface area contributed by atoms with Crippen LogP contribution >= 0.6 is 0 Å². The summed E-state index contributed by atoms with van der Waals surface area (Å²) < 4.78 is 10.4. The van der Waals surface area contributed by atoms with Gasteiger partial charge < -0.3 is 0 Å². The van der Waals surface area contributed by atoms with Crippen molar-refractivity contribution in [1.29, 1.82) is 0 Å². The predicted octanol–water partition coefficient (Wildman–Crippen LogP) is -0.162. The summed E-state index contributed by atoms with van der Waals surface area (Å²) in [5.41, 5.74) is 0. The molecule has 0 unspecified atom stereocenters. The number of rotatable bonds is 2. The summed E-state index contributed by atoms with van der Waals surface area (Å²) >= 11 is 2.45. The molecule has 2 heterocycles. The predicted molar refractivity (Wildman–Crippen MR) is 112 cm³/mol. The standard InChI is InChI=1S/C20H12Se4/c1-21-15-11-6-4-3-5-9(11)7-10-8-12-14-17(13(10)15)23-18(14)20-19(24-20)16(12)22-2/h3-8H,1-2H3. The Balaban J connectivity index is 1.88. The van der Waals surface area contributed by atoms with Gasteiger partial charge in [-0.25, -0.2) is 0 Å². The first-order valence-electron chi connectivity index (χ1n) is 7.77. The normalized spacial score (nSPS) is 14.2. The van der Waals surface area contributed by atoms with Crippen LogP contribution in [0.5, 0.6) is 0 Å². The van der Waals surface area contributed by atoms with E-state index in [1.807, 2.05) is 0 Å². The van der Waals surface area contributed by atoms with Gasteiger partial charge in [0.05, 0.1) is 0 Å². The van der Waals surface area contributed by atoms with Crippen LogP contribution in [0.3, 0.4) is 0 Å². The van der Waals surface area contributed by atoms with Gasteiger partial charge in [-0.1, -0.05) is 0 Å². The van der Waals surface area contributed by atoms with E-state index in [9.17, 15) is 0 Å². The summed E-state index contributed by atoms with van der Waals surface area (Å²) in [5.74, 6) is 4.78. The Morgan fingerprint density at radius 2 is 1.46 bits per heavy atom. The Labute approximate surface area is 165 Å². The van der Waals surface area contributed by atoms with E-state index in [4.69, 9.17) is 0 Å². The van der Waals surface area contributed by atoms with Crippen molar-refractivity contribution in [2.24, 2.45) is 0 Å². The van der Waals surface area contributed by atoms with Crippen LogP contribution in [0.25, 0.3) is 32.3 Å². The van der Waals surface area contributed by atoms with E-state index in [-0.39, 0.29) is 0 Å². The molecule has 0 amide bonds. The molecule has 0 aromatic heterocycles. The van der Waals surface area contributed by atoms with Crippen LogP contribution in [0.2, 0.25) is 11.6 Å². The molecular weight excluding hydrogens is 556 g/mol. The Morgan fingerprint density at radius 1 is 0.667 bits per heavy atom. The van der Waals surface area contributed by atoms with Crippen molar-refractivity contribution >= 4 is 119 Å². The fourth-order valence-corrected chi connectivity index (χ4v) is 14.3. The molecule has 0 atom stereocenters. The second-order valence-electron chi connectivity index (χ2n) is 6.08. The molecule has 0 saturated heterocycles. The topological polar surface area (TPSA) is 0 Å². The third-order valence-electron chi connectivity index (χ3n) is 4.92. The Hall–Kier alpha value is -0.262. The molecule has 2 aliphatic heterocycles. The zero-order valence-corrected chi connectivity index (χ0v) is 19.9. The maximum atomic E-state index is 2.55. The van der Waals surface area contributed by atoms with Gasteiger partial charge in [-0.3, -0.25) is 0 Å². The van der Waals surface area contributed by atoms with Crippen molar-refractivity contribution in [1.82, 2.24) is 0 Å². The molecular formula is C20H12Se4. The summed E-state index contributed by atoms with van der Waals surface area (Å²) in [7, 11) is 0. The van der Waals surface area contributed by atoms with E-state index < -0.39 is 0 Å². The molecule has 0 radical (unpaired) electrons. The van der Waals surface area contributed by atoms with E-state index in [2.05, 4.69) is 48.0 Å². The first kappa shape index (κ1) is 14.9. The first-order chi connectivity index (χ1) is 11.8. The molecule has 24 heavy (non-hydrogen) atoms. The fourth-order valence-electron chi connectivity index (χ4n) is 3.84. The zero-order valence-electron chi connectivity index (χ0n) is 13.1. The monoisotopic (exact) mass is 572 g/mol. The van der Waals surface area contributed by atoms with Gasteiger partial charge in [0.1, 0.15) is 0 Å². The minimum atomic E-state index is 0.527. The summed E-state index contributed by atoms with van der Waals surface area (Å²) in [6.07, 6.45) is 0. The second-order valence-corrected chi connectivity index (χ2v) is 13.8. The summed E-state index contributed by atoms with van der Waals surface area (Å²) in [6, 6.07) is 14.0. The molecule has 0 fully saturated rings. The maximum absolute atomic E-state index is 2.55.